The maximum atomic E-state index is 13.3. The summed E-state index contributed by atoms with van der Waals surface area (Å²) in [4.78, 5) is 77.2. The number of likely N-dealkylation sites (tertiary alicyclic amines) is 1. The molecule has 1 saturated heterocycles. The van der Waals surface area contributed by atoms with Gasteiger partial charge in [-0.1, -0.05) is 26.0 Å². The fourth-order valence-corrected chi connectivity index (χ4v) is 4.57. The van der Waals surface area contributed by atoms with Crippen LogP contribution in [0.2, 0.25) is 0 Å². The van der Waals surface area contributed by atoms with E-state index < -0.39 is 65.0 Å². The Labute approximate surface area is 189 Å². The summed E-state index contributed by atoms with van der Waals surface area (Å²) < 4.78 is 0. The van der Waals surface area contributed by atoms with Crippen LogP contribution in [0.15, 0.2) is 24.3 Å². The van der Waals surface area contributed by atoms with Gasteiger partial charge < -0.3 is 16.6 Å². The number of carbonyl (C=O) groups excluding carboxylic acids is 5. The summed E-state index contributed by atoms with van der Waals surface area (Å²) >= 11 is 0. The largest absolute Gasteiger partial charge is 0.481 e. The van der Waals surface area contributed by atoms with Crippen molar-refractivity contribution >= 4 is 35.5 Å². The van der Waals surface area contributed by atoms with Gasteiger partial charge in [0.2, 0.25) is 11.8 Å². The molecule has 0 aromatic heterocycles. The third-order valence-corrected chi connectivity index (χ3v) is 6.76. The van der Waals surface area contributed by atoms with Crippen molar-refractivity contribution in [3.05, 3.63) is 35.4 Å². The summed E-state index contributed by atoms with van der Waals surface area (Å²) in [6, 6.07) is 4.95. The maximum Gasteiger partial charge on any atom is 0.308 e. The first kappa shape index (κ1) is 24.1. The number of fused-ring (bicyclic) bond motifs is 1. The van der Waals surface area contributed by atoms with Gasteiger partial charge in [0.25, 0.3) is 17.7 Å². The number of rotatable bonds is 7. The zero-order chi connectivity index (χ0) is 24.9. The van der Waals surface area contributed by atoms with E-state index in [1.165, 1.54) is 32.9 Å². The topological polar surface area (TPSA) is 181 Å². The lowest BCUT2D eigenvalue weighted by molar-refractivity contribution is -0.158. The molecule has 1 aromatic rings. The SMILES string of the molecule is CC(C(=O)O)[C@@](N)(C(N)=O)C(C)(C)CN1C(=O)CCC(N2C(=O)c3ccccc3C2=O)C1=O. The van der Waals surface area contributed by atoms with Crippen LogP contribution in [0, 0.1) is 11.3 Å². The molecule has 0 aliphatic carbocycles. The van der Waals surface area contributed by atoms with E-state index in [9.17, 15) is 33.9 Å². The Morgan fingerprint density at radius 2 is 1.64 bits per heavy atom. The number of nitrogens with two attached hydrogens (primary N) is 2. The monoisotopic (exact) mass is 458 g/mol. The molecule has 2 heterocycles. The van der Waals surface area contributed by atoms with Gasteiger partial charge in [-0.25, -0.2) is 0 Å². The van der Waals surface area contributed by atoms with E-state index in [4.69, 9.17) is 11.5 Å². The Balaban J connectivity index is 1.93. The molecule has 0 bridgehead atoms. The molecule has 2 unspecified atom stereocenters. The predicted molar refractivity (Wildman–Crippen MR) is 113 cm³/mol. The Hall–Kier alpha value is -3.60. The van der Waals surface area contributed by atoms with Crippen LogP contribution in [-0.4, -0.2) is 68.5 Å². The summed E-state index contributed by atoms with van der Waals surface area (Å²) in [7, 11) is 0. The highest BCUT2D eigenvalue weighted by Crippen LogP contribution is 2.38. The molecule has 2 aliphatic rings. The normalized spacial score (nSPS) is 21.6. The summed E-state index contributed by atoms with van der Waals surface area (Å²) in [5.74, 6) is -6.55. The highest BCUT2D eigenvalue weighted by molar-refractivity contribution is 6.23. The molecule has 1 aromatic carbocycles. The molecule has 0 radical (unpaired) electrons. The first-order valence-electron chi connectivity index (χ1n) is 10.4. The fraction of sp³-hybridized carbons (Fsp3) is 0.455. The van der Waals surface area contributed by atoms with Crippen molar-refractivity contribution in [3.8, 4) is 0 Å². The smallest absolute Gasteiger partial charge is 0.308 e. The number of piperidine rings is 1. The second-order valence-electron chi connectivity index (χ2n) is 9.08. The van der Waals surface area contributed by atoms with Crippen LogP contribution in [0.25, 0.3) is 0 Å². The van der Waals surface area contributed by atoms with Crippen molar-refractivity contribution < 1.29 is 33.9 Å². The third-order valence-electron chi connectivity index (χ3n) is 6.76. The van der Waals surface area contributed by atoms with Gasteiger partial charge in [-0.2, -0.15) is 0 Å². The Morgan fingerprint density at radius 1 is 1.12 bits per heavy atom. The highest BCUT2D eigenvalue weighted by Gasteiger charge is 2.56. The number of aliphatic carboxylic acids is 1. The molecular formula is C22H26N4O7. The Kier molecular flexibility index (Phi) is 5.88. The summed E-state index contributed by atoms with van der Waals surface area (Å²) in [6.07, 6.45) is -0.183. The number of carboxylic acid groups (broad SMARTS) is 1. The standard InChI is InChI=1S/C22H26N4O7/c1-11(19(31)32)22(24,20(23)33)21(2,3)10-25-15(27)9-8-14(18(25)30)26-16(28)12-6-4-5-7-13(12)17(26)29/h4-7,11,14H,8-10,24H2,1-3H3,(H2,23,33)(H,31,32)/t11?,14?,22-/m1/s1. The van der Waals surface area contributed by atoms with Crippen molar-refractivity contribution in [1.82, 2.24) is 9.80 Å². The van der Waals surface area contributed by atoms with Crippen molar-refractivity contribution in [1.29, 1.82) is 0 Å². The van der Waals surface area contributed by atoms with Gasteiger partial charge in [-0.3, -0.25) is 38.6 Å². The molecule has 11 nitrogen and oxygen atoms in total. The minimum absolute atomic E-state index is 0.0464. The van der Waals surface area contributed by atoms with Crippen LogP contribution in [-0.2, 0) is 19.2 Å². The molecule has 5 amide bonds. The van der Waals surface area contributed by atoms with Gasteiger partial charge in [0.05, 0.1) is 17.0 Å². The van der Waals surface area contributed by atoms with Crippen molar-refractivity contribution in [2.45, 2.75) is 45.2 Å². The number of nitrogens with zero attached hydrogens (tertiary/aromatic N) is 2. The third kappa shape index (κ3) is 3.58. The lowest BCUT2D eigenvalue weighted by atomic mass is 9.65. The van der Waals surface area contributed by atoms with Crippen LogP contribution in [0.5, 0.6) is 0 Å². The first-order chi connectivity index (χ1) is 15.3. The zero-order valence-corrected chi connectivity index (χ0v) is 18.5. The summed E-state index contributed by atoms with van der Waals surface area (Å²) in [5, 5.41) is 9.45. The predicted octanol–water partition coefficient (Wildman–Crippen LogP) is -0.270. The van der Waals surface area contributed by atoms with Gasteiger partial charge in [0.15, 0.2) is 0 Å². The van der Waals surface area contributed by atoms with Gasteiger partial charge in [0, 0.05) is 18.4 Å². The van der Waals surface area contributed by atoms with Crippen molar-refractivity contribution in [2.75, 3.05) is 6.54 Å². The number of amides is 5. The molecular weight excluding hydrogens is 432 g/mol. The van der Waals surface area contributed by atoms with Gasteiger partial charge in [0.1, 0.15) is 11.6 Å². The molecule has 2 aliphatic heterocycles. The number of carbonyl (C=O) groups is 6. The van der Waals surface area contributed by atoms with Gasteiger partial charge >= 0.3 is 5.97 Å². The van der Waals surface area contributed by atoms with E-state index in [-0.39, 0.29) is 24.0 Å². The molecule has 5 N–H and O–H groups in total. The van der Waals surface area contributed by atoms with Gasteiger partial charge in [-0.05, 0) is 25.5 Å². The molecule has 0 saturated carbocycles. The lowest BCUT2D eigenvalue weighted by Gasteiger charge is -2.47. The molecule has 3 rings (SSSR count). The van der Waals surface area contributed by atoms with E-state index in [1.807, 2.05) is 0 Å². The number of primary amides is 1. The molecule has 3 atom stereocenters. The average Bonchev–Trinajstić information content (AvgIpc) is 3.00. The van der Waals surface area contributed by atoms with E-state index in [0.29, 0.717) is 0 Å². The number of carboxylic acids is 1. The molecule has 0 spiro atoms. The Bertz CT molecular complexity index is 1050. The summed E-state index contributed by atoms with van der Waals surface area (Å²) in [5.41, 5.74) is 8.45. The van der Waals surface area contributed by atoms with E-state index in [2.05, 4.69) is 0 Å². The maximum absolute atomic E-state index is 13.3. The van der Waals surface area contributed by atoms with Crippen LogP contribution >= 0.6 is 0 Å². The van der Waals surface area contributed by atoms with Crippen LogP contribution in [0.1, 0.15) is 54.3 Å². The van der Waals surface area contributed by atoms with Crippen molar-refractivity contribution in [2.24, 2.45) is 22.8 Å². The molecule has 176 valence electrons. The number of hydrogen-bond donors (Lipinski definition) is 3. The quantitative estimate of drug-likeness (QED) is 0.467. The van der Waals surface area contributed by atoms with E-state index >= 15 is 0 Å². The highest BCUT2D eigenvalue weighted by atomic mass is 16.4. The van der Waals surface area contributed by atoms with Crippen LogP contribution in [0.4, 0.5) is 0 Å². The number of hydrogen-bond acceptors (Lipinski definition) is 7. The number of benzene rings is 1. The van der Waals surface area contributed by atoms with Crippen LogP contribution < -0.4 is 11.5 Å². The van der Waals surface area contributed by atoms with Crippen LogP contribution in [0.3, 0.4) is 0 Å². The number of imide groups is 2. The van der Waals surface area contributed by atoms with Crippen molar-refractivity contribution in [3.63, 3.8) is 0 Å². The molecule has 33 heavy (non-hydrogen) atoms. The second-order valence-corrected chi connectivity index (χ2v) is 9.08. The lowest BCUT2D eigenvalue weighted by Crippen LogP contribution is -2.70. The van der Waals surface area contributed by atoms with E-state index in [1.54, 1.807) is 12.1 Å². The average molecular weight is 458 g/mol. The minimum Gasteiger partial charge on any atom is -0.481 e. The first-order valence-corrected chi connectivity index (χ1v) is 10.4. The van der Waals surface area contributed by atoms with E-state index in [0.717, 1.165) is 9.80 Å². The Morgan fingerprint density at radius 3 is 2.09 bits per heavy atom. The molecule has 11 heteroatoms. The zero-order valence-electron chi connectivity index (χ0n) is 18.5. The van der Waals surface area contributed by atoms with Gasteiger partial charge in [-0.15, -0.1) is 0 Å². The second kappa shape index (κ2) is 8.07. The molecule has 1 fully saturated rings. The summed E-state index contributed by atoms with van der Waals surface area (Å²) in [6.45, 7) is 3.66. The fourth-order valence-electron chi connectivity index (χ4n) is 4.57. The minimum atomic E-state index is -2.11.